The van der Waals surface area contributed by atoms with Crippen molar-refractivity contribution in [3.63, 3.8) is 0 Å². The van der Waals surface area contributed by atoms with Gasteiger partial charge in [0.05, 0.1) is 7.11 Å². The summed E-state index contributed by atoms with van der Waals surface area (Å²) in [7, 11) is 1.57. The average Bonchev–Trinajstić information content (AvgIpc) is 3.19. The zero-order chi connectivity index (χ0) is 20.6. The summed E-state index contributed by atoms with van der Waals surface area (Å²) < 4.78 is 11.1. The second-order valence-corrected chi connectivity index (χ2v) is 7.51. The third-order valence-corrected chi connectivity index (χ3v) is 5.24. The van der Waals surface area contributed by atoms with Gasteiger partial charge in [0.1, 0.15) is 18.1 Å². The topological polar surface area (TPSA) is 85.4 Å². The zero-order valence-corrected chi connectivity index (χ0v) is 17.5. The molecule has 0 spiro atoms. The predicted molar refractivity (Wildman–Crippen MR) is 115 cm³/mol. The molecule has 0 saturated heterocycles. The van der Waals surface area contributed by atoms with Crippen LogP contribution in [0.25, 0.3) is 0 Å². The number of ether oxygens (including phenoxy) is 2. The van der Waals surface area contributed by atoms with Gasteiger partial charge in [-0.15, -0.1) is 10.2 Å². The summed E-state index contributed by atoms with van der Waals surface area (Å²) in [6.45, 7) is 4.63. The van der Waals surface area contributed by atoms with Gasteiger partial charge in [-0.1, -0.05) is 49.4 Å². The minimum Gasteiger partial charge on any atom is -0.497 e. The fourth-order valence-electron chi connectivity index (χ4n) is 2.70. The van der Waals surface area contributed by atoms with Gasteiger partial charge in [0.2, 0.25) is 5.13 Å². The van der Waals surface area contributed by atoms with Crippen LogP contribution in [-0.2, 0) is 6.61 Å². The maximum atomic E-state index is 12.2. The molecule has 29 heavy (non-hydrogen) atoms. The maximum absolute atomic E-state index is 12.2. The molecule has 0 saturated carbocycles. The summed E-state index contributed by atoms with van der Waals surface area (Å²) in [5, 5.41) is 14.6. The zero-order valence-electron chi connectivity index (χ0n) is 16.6. The Hall–Kier alpha value is -3.13. The lowest BCUT2D eigenvalue weighted by atomic mass is 9.98. The van der Waals surface area contributed by atoms with E-state index < -0.39 is 6.03 Å². The third kappa shape index (κ3) is 5.68. The maximum Gasteiger partial charge on any atom is 0.325 e. The number of methoxy groups -OCH3 is 1. The van der Waals surface area contributed by atoms with Crippen LogP contribution in [0.4, 0.5) is 15.6 Å². The Labute approximate surface area is 174 Å². The van der Waals surface area contributed by atoms with E-state index in [1.165, 1.54) is 16.9 Å². The van der Waals surface area contributed by atoms with Crippen LogP contribution in [-0.4, -0.2) is 23.3 Å². The van der Waals surface area contributed by atoms with E-state index in [1.807, 2.05) is 18.2 Å². The van der Waals surface area contributed by atoms with Gasteiger partial charge in [-0.05, 0) is 36.1 Å². The lowest BCUT2D eigenvalue weighted by Crippen LogP contribution is -2.19. The first-order valence-corrected chi connectivity index (χ1v) is 10.2. The Morgan fingerprint density at radius 1 is 1.14 bits per heavy atom. The van der Waals surface area contributed by atoms with Crippen LogP contribution in [0.15, 0.2) is 48.5 Å². The Bertz CT molecular complexity index is 960. The van der Waals surface area contributed by atoms with Crippen LogP contribution in [0.5, 0.6) is 11.5 Å². The van der Waals surface area contributed by atoms with Gasteiger partial charge in [-0.2, -0.15) is 0 Å². The lowest BCUT2D eigenvalue weighted by Gasteiger charge is -2.14. The van der Waals surface area contributed by atoms with Crippen molar-refractivity contribution < 1.29 is 14.3 Å². The van der Waals surface area contributed by atoms with E-state index in [1.54, 1.807) is 31.4 Å². The number of nitrogens with zero attached hydrogens (tertiary/aromatic N) is 2. The van der Waals surface area contributed by atoms with E-state index >= 15 is 0 Å². The first-order chi connectivity index (χ1) is 14.1. The number of anilines is 2. The number of carbonyl (C=O) groups is 1. The number of rotatable bonds is 8. The number of aromatic nitrogens is 2. The SMILES string of the molecule is CC[C@@H](C)c1ccccc1OCc1nnc(NC(=O)Nc2cccc(OC)c2)s1. The molecule has 0 fully saturated rings. The molecule has 3 rings (SSSR count). The number of benzene rings is 2. The van der Waals surface area contributed by atoms with Crippen molar-refractivity contribution >= 4 is 28.2 Å². The lowest BCUT2D eigenvalue weighted by molar-refractivity contribution is 0.262. The molecule has 152 valence electrons. The van der Waals surface area contributed by atoms with E-state index in [-0.39, 0.29) is 0 Å². The largest absolute Gasteiger partial charge is 0.497 e. The number of hydrogen-bond donors (Lipinski definition) is 2. The Morgan fingerprint density at radius 2 is 1.97 bits per heavy atom. The molecule has 1 aromatic heterocycles. The first-order valence-electron chi connectivity index (χ1n) is 9.35. The fraction of sp³-hybridized carbons (Fsp3) is 0.286. The summed E-state index contributed by atoms with van der Waals surface area (Å²) >= 11 is 1.27. The molecule has 1 heterocycles. The highest BCUT2D eigenvalue weighted by molar-refractivity contribution is 7.15. The summed E-state index contributed by atoms with van der Waals surface area (Å²) in [6.07, 6.45) is 1.04. The normalized spacial score (nSPS) is 11.6. The summed E-state index contributed by atoms with van der Waals surface area (Å²) in [4.78, 5) is 12.2. The molecule has 2 aromatic carbocycles. The van der Waals surface area contributed by atoms with Crippen molar-refractivity contribution in [2.45, 2.75) is 32.8 Å². The monoisotopic (exact) mass is 412 g/mol. The van der Waals surface area contributed by atoms with Crippen molar-refractivity contribution in [2.24, 2.45) is 0 Å². The Balaban J connectivity index is 1.56. The highest BCUT2D eigenvalue weighted by atomic mass is 32.1. The number of carbonyl (C=O) groups excluding carboxylic acids is 1. The molecular weight excluding hydrogens is 388 g/mol. The number of para-hydroxylation sites is 1. The van der Waals surface area contributed by atoms with Crippen molar-refractivity contribution in [3.8, 4) is 11.5 Å². The number of urea groups is 1. The van der Waals surface area contributed by atoms with E-state index in [0.29, 0.717) is 34.1 Å². The molecular formula is C21H24N4O3S. The number of nitrogens with one attached hydrogen (secondary N) is 2. The van der Waals surface area contributed by atoms with Gasteiger partial charge < -0.3 is 14.8 Å². The van der Waals surface area contributed by atoms with Crippen molar-refractivity contribution in [1.29, 1.82) is 0 Å². The van der Waals surface area contributed by atoms with Crippen molar-refractivity contribution in [2.75, 3.05) is 17.7 Å². The van der Waals surface area contributed by atoms with Crippen molar-refractivity contribution in [3.05, 3.63) is 59.1 Å². The fourth-order valence-corrected chi connectivity index (χ4v) is 3.35. The summed E-state index contributed by atoms with van der Waals surface area (Å²) in [6, 6.07) is 14.7. The van der Waals surface area contributed by atoms with Crippen LogP contribution in [0, 0.1) is 0 Å². The molecule has 0 unspecified atom stereocenters. The number of hydrogen-bond acceptors (Lipinski definition) is 6. The second kappa shape index (κ2) is 9.88. The minimum atomic E-state index is -0.399. The molecule has 2 amide bonds. The molecule has 3 aromatic rings. The molecule has 0 aliphatic carbocycles. The molecule has 0 aliphatic heterocycles. The minimum absolute atomic E-state index is 0.296. The standard InChI is InChI=1S/C21H24N4O3S/c1-4-14(2)17-10-5-6-11-18(17)28-13-19-24-25-21(29-19)23-20(26)22-15-8-7-9-16(12-15)27-3/h5-12,14H,4,13H2,1-3H3,(H2,22,23,25,26)/t14-/m1/s1. The van der Waals surface area contributed by atoms with Gasteiger partial charge in [0.15, 0.2) is 5.01 Å². The molecule has 0 aliphatic rings. The smallest absolute Gasteiger partial charge is 0.325 e. The quantitative estimate of drug-likeness (QED) is 0.525. The van der Waals surface area contributed by atoms with Gasteiger partial charge in [-0.3, -0.25) is 5.32 Å². The molecule has 0 bridgehead atoms. The van der Waals surface area contributed by atoms with Crippen LogP contribution in [0.1, 0.15) is 36.8 Å². The van der Waals surface area contributed by atoms with Crippen LogP contribution in [0.2, 0.25) is 0 Å². The summed E-state index contributed by atoms with van der Waals surface area (Å²) in [5.41, 5.74) is 1.80. The Morgan fingerprint density at radius 3 is 2.76 bits per heavy atom. The van der Waals surface area contributed by atoms with Crippen LogP contribution < -0.4 is 20.1 Å². The molecule has 1 atom stereocenters. The van der Waals surface area contributed by atoms with Crippen LogP contribution >= 0.6 is 11.3 Å². The van der Waals surface area contributed by atoms with E-state index in [4.69, 9.17) is 9.47 Å². The molecule has 2 N–H and O–H groups in total. The summed E-state index contributed by atoms with van der Waals surface area (Å²) in [5.74, 6) is 1.93. The van der Waals surface area contributed by atoms with Gasteiger partial charge in [-0.25, -0.2) is 4.79 Å². The average molecular weight is 413 g/mol. The molecule has 0 radical (unpaired) electrons. The van der Waals surface area contributed by atoms with Gasteiger partial charge >= 0.3 is 6.03 Å². The second-order valence-electron chi connectivity index (χ2n) is 6.45. The van der Waals surface area contributed by atoms with E-state index in [2.05, 4.69) is 40.7 Å². The van der Waals surface area contributed by atoms with Crippen molar-refractivity contribution in [1.82, 2.24) is 10.2 Å². The van der Waals surface area contributed by atoms with E-state index in [9.17, 15) is 4.79 Å². The van der Waals surface area contributed by atoms with E-state index in [0.717, 1.165) is 12.2 Å². The molecule has 7 nitrogen and oxygen atoms in total. The third-order valence-electron chi connectivity index (χ3n) is 4.43. The van der Waals surface area contributed by atoms with Crippen LogP contribution in [0.3, 0.4) is 0 Å². The first kappa shape index (κ1) is 20.6. The number of amides is 2. The highest BCUT2D eigenvalue weighted by Crippen LogP contribution is 2.29. The molecule has 8 heteroatoms. The Kier molecular flexibility index (Phi) is 7.02. The van der Waals surface area contributed by atoms with Gasteiger partial charge in [0.25, 0.3) is 0 Å². The van der Waals surface area contributed by atoms with Gasteiger partial charge in [0, 0.05) is 11.8 Å². The predicted octanol–water partition coefficient (Wildman–Crippen LogP) is 5.28. The highest BCUT2D eigenvalue weighted by Gasteiger charge is 2.12.